The van der Waals surface area contributed by atoms with Gasteiger partial charge in [-0.15, -0.1) is 0 Å². The summed E-state index contributed by atoms with van der Waals surface area (Å²) in [6, 6.07) is 7.41. The highest BCUT2D eigenvalue weighted by Crippen LogP contribution is 2.16. The molecule has 0 bridgehead atoms. The van der Waals surface area contributed by atoms with Crippen LogP contribution in [0.3, 0.4) is 0 Å². The minimum atomic E-state index is -0.171. The maximum absolute atomic E-state index is 11.7. The molecule has 112 valence electrons. The van der Waals surface area contributed by atoms with Crippen molar-refractivity contribution in [2.45, 2.75) is 32.7 Å². The molecule has 1 amide bonds. The fourth-order valence-electron chi connectivity index (χ4n) is 1.66. The van der Waals surface area contributed by atoms with Crippen LogP contribution in [0, 0.1) is 5.92 Å². The minimum absolute atomic E-state index is 0.0290. The van der Waals surface area contributed by atoms with Gasteiger partial charge in [0.2, 0.25) is 5.91 Å². The van der Waals surface area contributed by atoms with Gasteiger partial charge in [-0.25, -0.2) is 0 Å². The molecule has 0 aromatic heterocycles. The predicted octanol–water partition coefficient (Wildman–Crippen LogP) is 2.74. The Labute approximate surface area is 128 Å². The van der Waals surface area contributed by atoms with E-state index in [0.29, 0.717) is 19.4 Å². The number of benzene rings is 1. The Hall–Kier alpha value is -1.07. The van der Waals surface area contributed by atoms with Crippen LogP contribution in [0.15, 0.2) is 28.7 Å². The van der Waals surface area contributed by atoms with E-state index in [1.54, 1.807) is 0 Å². The lowest BCUT2D eigenvalue weighted by atomic mass is 10.1. The molecule has 0 saturated heterocycles. The van der Waals surface area contributed by atoms with Gasteiger partial charge in [0.1, 0.15) is 5.75 Å². The van der Waals surface area contributed by atoms with Crippen LogP contribution in [0.4, 0.5) is 0 Å². The normalized spacial score (nSPS) is 12.2. The average Bonchev–Trinajstić information content (AvgIpc) is 2.42. The number of aliphatic hydroxyl groups is 1. The van der Waals surface area contributed by atoms with Gasteiger partial charge < -0.3 is 15.2 Å². The zero-order valence-electron chi connectivity index (χ0n) is 11.9. The molecule has 0 aliphatic heterocycles. The third-order valence-corrected chi connectivity index (χ3v) is 3.51. The van der Waals surface area contributed by atoms with Crippen LogP contribution in [0.1, 0.15) is 26.7 Å². The van der Waals surface area contributed by atoms with Crippen molar-refractivity contribution in [3.05, 3.63) is 28.7 Å². The van der Waals surface area contributed by atoms with E-state index >= 15 is 0 Å². The van der Waals surface area contributed by atoms with Crippen molar-refractivity contribution in [1.82, 2.24) is 5.32 Å². The Kier molecular flexibility index (Phi) is 7.62. The number of rotatable bonds is 8. The monoisotopic (exact) mass is 343 g/mol. The highest BCUT2D eigenvalue weighted by molar-refractivity contribution is 9.10. The Morgan fingerprint density at radius 3 is 2.55 bits per heavy atom. The van der Waals surface area contributed by atoms with Crippen molar-refractivity contribution >= 4 is 21.8 Å². The second kappa shape index (κ2) is 8.97. The summed E-state index contributed by atoms with van der Waals surface area (Å²) in [6.07, 6.45) is 1.05. The number of hydrogen-bond acceptors (Lipinski definition) is 3. The molecule has 20 heavy (non-hydrogen) atoms. The molecule has 0 fully saturated rings. The Morgan fingerprint density at radius 2 is 2.00 bits per heavy atom. The number of hydrogen-bond donors (Lipinski definition) is 2. The topological polar surface area (TPSA) is 58.6 Å². The number of nitrogens with one attached hydrogen (secondary N) is 1. The molecule has 1 aromatic carbocycles. The maximum atomic E-state index is 11.7. The quantitative estimate of drug-likeness (QED) is 0.713. The van der Waals surface area contributed by atoms with E-state index in [9.17, 15) is 4.79 Å². The third kappa shape index (κ3) is 6.39. The summed E-state index contributed by atoms with van der Waals surface area (Å²) < 4.78 is 6.55. The molecular weight excluding hydrogens is 322 g/mol. The number of halogens is 1. The first-order chi connectivity index (χ1) is 9.52. The summed E-state index contributed by atoms with van der Waals surface area (Å²) in [6.45, 7) is 4.41. The Balaban J connectivity index is 2.20. The van der Waals surface area contributed by atoms with E-state index in [0.717, 1.165) is 10.2 Å². The van der Waals surface area contributed by atoms with Crippen LogP contribution in [0.25, 0.3) is 0 Å². The molecule has 0 radical (unpaired) electrons. The van der Waals surface area contributed by atoms with Crippen LogP contribution in [-0.4, -0.2) is 30.3 Å². The lowest BCUT2D eigenvalue weighted by Crippen LogP contribution is -2.41. The zero-order valence-corrected chi connectivity index (χ0v) is 13.5. The van der Waals surface area contributed by atoms with Gasteiger partial charge >= 0.3 is 0 Å². The van der Waals surface area contributed by atoms with Crippen LogP contribution in [0.2, 0.25) is 0 Å². The first kappa shape index (κ1) is 17.0. The van der Waals surface area contributed by atoms with Gasteiger partial charge in [0, 0.05) is 10.9 Å². The molecule has 0 saturated carbocycles. The summed E-state index contributed by atoms with van der Waals surface area (Å²) >= 11 is 3.36. The number of ether oxygens (including phenoxy) is 1. The number of carbonyl (C=O) groups excluding carboxylic acids is 1. The first-order valence-corrected chi connectivity index (χ1v) is 7.61. The fourth-order valence-corrected chi connectivity index (χ4v) is 1.92. The highest BCUT2D eigenvalue weighted by atomic mass is 79.9. The number of amides is 1. The van der Waals surface area contributed by atoms with Crippen LogP contribution < -0.4 is 10.1 Å². The standard InChI is InChI=1S/C15H22BrNO3/c1-11(2)14(10-18)17-15(19)4-3-9-20-13-7-5-12(16)6-8-13/h5-8,11,14,18H,3-4,9-10H2,1-2H3,(H,17,19). The molecule has 5 heteroatoms. The van der Waals surface area contributed by atoms with E-state index in [2.05, 4.69) is 21.2 Å². The lowest BCUT2D eigenvalue weighted by Gasteiger charge is -2.19. The van der Waals surface area contributed by atoms with E-state index in [1.165, 1.54) is 0 Å². The van der Waals surface area contributed by atoms with E-state index in [-0.39, 0.29) is 24.5 Å². The molecule has 0 spiro atoms. The van der Waals surface area contributed by atoms with Crippen LogP contribution in [-0.2, 0) is 4.79 Å². The van der Waals surface area contributed by atoms with Crippen molar-refractivity contribution in [2.75, 3.05) is 13.2 Å². The van der Waals surface area contributed by atoms with E-state index < -0.39 is 0 Å². The summed E-state index contributed by atoms with van der Waals surface area (Å²) in [7, 11) is 0. The largest absolute Gasteiger partial charge is 0.494 e. The smallest absolute Gasteiger partial charge is 0.220 e. The van der Waals surface area contributed by atoms with Gasteiger partial charge in [-0.05, 0) is 36.6 Å². The van der Waals surface area contributed by atoms with Gasteiger partial charge in [-0.2, -0.15) is 0 Å². The van der Waals surface area contributed by atoms with Gasteiger partial charge in [0.25, 0.3) is 0 Å². The predicted molar refractivity (Wildman–Crippen MR) is 82.7 cm³/mol. The van der Waals surface area contributed by atoms with E-state index in [4.69, 9.17) is 9.84 Å². The summed E-state index contributed by atoms with van der Waals surface area (Å²) in [5, 5.41) is 12.0. The Bertz CT molecular complexity index is 406. The second-order valence-electron chi connectivity index (χ2n) is 5.01. The van der Waals surface area contributed by atoms with Crippen molar-refractivity contribution in [3.8, 4) is 5.75 Å². The van der Waals surface area contributed by atoms with E-state index in [1.807, 2.05) is 38.1 Å². The first-order valence-electron chi connectivity index (χ1n) is 6.81. The zero-order chi connectivity index (χ0) is 15.0. The van der Waals surface area contributed by atoms with Crippen LogP contribution >= 0.6 is 15.9 Å². The lowest BCUT2D eigenvalue weighted by molar-refractivity contribution is -0.122. The molecule has 4 nitrogen and oxygen atoms in total. The molecule has 1 aromatic rings. The van der Waals surface area contributed by atoms with Gasteiger partial charge in [0.15, 0.2) is 0 Å². The summed E-state index contributed by atoms with van der Waals surface area (Å²) in [4.78, 5) is 11.7. The molecule has 0 aliphatic rings. The van der Waals surface area contributed by atoms with Crippen molar-refractivity contribution in [1.29, 1.82) is 0 Å². The summed E-state index contributed by atoms with van der Waals surface area (Å²) in [5.41, 5.74) is 0. The molecule has 1 atom stereocenters. The third-order valence-electron chi connectivity index (χ3n) is 2.98. The van der Waals surface area contributed by atoms with Crippen LogP contribution in [0.5, 0.6) is 5.75 Å². The fraction of sp³-hybridized carbons (Fsp3) is 0.533. The number of carbonyl (C=O) groups is 1. The molecule has 0 aliphatic carbocycles. The molecule has 0 heterocycles. The second-order valence-corrected chi connectivity index (χ2v) is 5.92. The molecule has 1 rings (SSSR count). The van der Waals surface area contributed by atoms with Crippen molar-refractivity contribution < 1.29 is 14.6 Å². The van der Waals surface area contributed by atoms with Gasteiger partial charge in [0.05, 0.1) is 19.3 Å². The summed E-state index contributed by atoms with van der Waals surface area (Å²) in [5.74, 6) is 0.976. The van der Waals surface area contributed by atoms with Gasteiger partial charge in [-0.1, -0.05) is 29.8 Å². The molecular formula is C15H22BrNO3. The SMILES string of the molecule is CC(C)C(CO)NC(=O)CCCOc1ccc(Br)cc1. The highest BCUT2D eigenvalue weighted by Gasteiger charge is 2.14. The van der Waals surface area contributed by atoms with Crippen molar-refractivity contribution in [3.63, 3.8) is 0 Å². The number of aliphatic hydroxyl groups excluding tert-OH is 1. The minimum Gasteiger partial charge on any atom is -0.494 e. The Morgan fingerprint density at radius 1 is 1.35 bits per heavy atom. The molecule has 1 unspecified atom stereocenters. The average molecular weight is 344 g/mol. The molecule has 2 N–H and O–H groups in total. The maximum Gasteiger partial charge on any atom is 0.220 e. The van der Waals surface area contributed by atoms with Crippen molar-refractivity contribution in [2.24, 2.45) is 5.92 Å². The van der Waals surface area contributed by atoms with Gasteiger partial charge in [-0.3, -0.25) is 4.79 Å².